The van der Waals surface area contributed by atoms with Crippen molar-refractivity contribution in [3.05, 3.63) is 58.7 Å². The first kappa shape index (κ1) is 16.6. The highest BCUT2D eigenvalue weighted by Crippen LogP contribution is 2.38. The molecule has 0 radical (unpaired) electrons. The maximum Gasteiger partial charge on any atom is 0.253 e. The van der Waals surface area contributed by atoms with E-state index in [0.29, 0.717) is 11.8 Å². The van der Waals surface area contributed by atoms with Crippen LogP contribution in [0.5, 0.6) is 0 Å². The smallest absolute Gasteiger partial charge is 0.253 e. The first-order valence-electron chi connectivity index (χ1n) is 9.83. The van der Waals surface area contributed by atoms with Crippen molar-refractivity contribution in [2.75, 3.05) is 13.1 Å². The predicted octanol–water partition coefficient (Wildman–Crippen LogP) is 2.08. The number of pyridine rings is 1. The molecule has 0 spiro atoms. The molecule has 5 rings (SSSR count). The van der Waals surface area contributed by atoms with E-state index in [9.17, 15) is 4.79 Å². The molecule has 27 heavy (non-hydrogen) atoms. The van der Waals surface area contributed by atoms with Gasteiger partial charge in [-0.2, -0.15) is 0 Å². The summed E-state index contributed by atoms with van der Waals surface area (Å²) in [5.41, 5.74) is 1.97. The Morgan fingerprint density at radius 3 is 2.70 bits per heavy atom. The van der Waals surface area contributed by atoms with E-state index in [1.54, 1.807) is 17.0 Å². The van der Waals surface area contributed by atoms with Crippen molar-refractivity contribution in [2.24, 2.45) is 5.92 Å². The molecule has 2 aliphatic rings. The van der Waals surface area contributed by atoms with Gasteiger partial charge in [0.05, 0.1) is 18.6 Å². The Kier molecular flexibility index (Phi) is 4.24. The average molecular weight is 364 g/mol. The number of fused-ring (bicyclic) bond motifs is 1. The minimum atomic E-state index is 0.101. The van der Waals surface area contributed by atoms with Gasteiger partial charge in [0.2, 0.25) is 0 Å². The molecule has 7 nitrogen and oxygen atoms in total. The molecular weight excluding hydrogens is 340 g/mol. The lowest BCUT2D eigenvalue weighted by Crippen LogP contribution is -2.36. The molecule has 7 heteroatoms. The summed E-state index contributed by atoms with van der Waals surface area (Å²) in [5.74, 6) is 2.05. The third-order valence-corrected chi connectivity index (χ3v) is 5.81. The van der Waals surface area contributed by atoms with E-state index in [1.807, 2.05) is 24.4 Å². The number of aromatic nitrogens is 5. The van der Waals surface area contributed by atoms with Crippen molar-refractivity contribution in [2.45, 2.75) is 44.7 Å². The molecule has 3 aromatic heterocycles. The molecule has 0 bridgehead atoms. The fourth-order valence-corrected chi connectivity index (χ4v) is 3.98. The normalized spacial score (nSPS) is 19.0. The van der Waals surface area contributed by atoms with E-state index in [-0.39, 0.29) is 5.56 Å². The van der Waals surface area contributed by atoms with E-state index >= 15 is 0 Å². The number of rotatable bonds is 5. The quantitative estimate of drug-likeness (QED) is 0.693. The summed E-state index contributed by atoms with van der Waals surface area (Å²) in [4.78, 5) is 19.3. The first-order valence-corrected chi connectivity index (χ1v) is 9.83. The van der Waals surface area contributed by atoms with Crippen LogP contribution in [0.1, 0.15) is 43.1 Å². The lowest BCUT2D eigenvalue weighted by molar-refractivity contribution is 0.162. The van der Waals surface area contributed by atoms with E-state index in [2.05, 4.69) is 24.5 Å². The van der Waals surface area contributed by atoms with Crippen LogP contribution in [-0.4, -0.2) is 42.1 Å². The summed E-state index contributed by atoms with van der Waals surface area (Å²) in [7, 11) is 0. The largest absolute Gasteiger partial charge is 0.299 e. The zero-order valence-electron chi connectivity index (χ0n) is 15.4. The van der Waals surface area contributed by atoms with Crippen LogP contribution in [0.2, 0.25) is 0 Å². The lowest BCUT2D eigenvalue weighted by Gasteiger charge is -2.31. The van der Waals surface area contributed by atoms with Gasteiger partial charge in [0.25, 0.3) is 5.56 Å². The molecule has 4 heterocycles. The third kappa shape index (κ3) is 3.51. The average Bonchev–Trinajstić information content (AvgIpc) is 3.47. The summed E-state index contributed by atoms with van der Waals surface area (Å²) in [5, 5.41) is 8.56. The Morgan fingerprint density at radius 2 is 1.93 bits per heavy atom. The minimum absolute atomic E-state index is 0.101. The van der Waals surface area contributed by atoms with Crippen molar-refractivity contribution < 1.29 is 0 Å². The summed E-state index contributed by atoms with van der Waals surface area (Å²) >= 11 is 0. The summed E-state index contributed by atoms with van der Waals surface area (Å²) in [6.07, 6.45) is 8.31. The molecule has 0 aromatic carbocycles. The molecule has 140 valence electrons. The van der Waals surface area contributed by atoms with Gasteiger partial charge in [-0.3, -0.25) is 18.7 Å². The molecule has 1 aliphatic heterocycles. The Bertz CT molecular complexity index is 997. The number of nitrogens with zero attached hydrogens (tertiary/aromatic N) is 6. The highest BCUT2D eigenvalue weighted by Gasteiger charge is 2.26. The van der Waals surface area contributed by atoms with Gasteiger partial charge in [-0.15, -0.1) is 10.2 Å². The van der Waals surface area contributed by atoms with Gasteiger partial charge < -0.3 is 0 Å². The van der Waals surface area contributed by atoms with Crippen molar-refractivity contribution in [1.82, 2.24) is 29.0 Å². The van der Waals surface area contributed by atoms with E-state index in [1.165, 1.54) is 12.8 Å². The number of hydrogen-bond acceptors (Lipinski definition) is 5. The number of likely N-dealkylation sites (tertiary alicyclic amines) is 1. The monoisotopic (exact) mass is 364 g/mol. The third-order valence-electron chi connectivity index (χ3n) is 5.81. The second-order valence-electron chi connectivity index (χ2n) is 7.84. The van der Waals surface area contributed by atoms with Crippen LogP contribution in [0.3, 0.4) is 0 Å². The maximum atomic E-state index is 12.3. The van der Waals surface area contributed by atoms with Gasteiger partial charge in [0.15, 0.2) is 11.5 Å². The lowest BCUT2D eigenvalue weighted by atomic mass is 9.96. The van der Waals surface area contributed by atoms with Crippen molar-refractivity contribution in [1.29, 1.82) is 0 Å². The topological polar surface area (TPSA) is 68.3 Å². The molecule has 0 N–H and O–H groups in total. The predicted molar refractivity (Wildman–Crippen MR) is 101 cm³/mol. The Hall–Kier alpha value is -2.54. The summed E-state index contributed by atoms with van der Waals surface area (Å²) in [6.45, 7) is 3.64. The van der Waals surface area contributed by atoms with Crippen molar-refractivity contribution in [3.63, 3.8) is 0 Å². The van der Waals surface area contributed by atoms with E-state index < -0.39 is 0 Å². The van der Waals surface area contributed by atoms with Gasteiger partial charge in [-0.25, -0.2) is 4.98 Å². The Labute approximate surface area is 157 Å². The molecule has 1 aliphatic carbocycles. The molecule has 1 saturated carbocycles. The molecule has 3 aromatic rings. The molecule has 0 amide bonds. The van der Waals surface area contributed by atoms with Crippen LogP contribution in [0.4, 0.5) is 0 Å². The Morgan fingerprint density at radius 1 is 1.07 bits per heavy atom. The molecule has 2 fully saturated rings. The van der Waals surface area contributed by atoms with Gasteiger partial charge in [0, 0.05) is 24.7 Å². The van der Waals surface area contributed by atoms with Crippen LogP contribution in [-0.2, 0) is 13.1 Å². The molecule has 0 unspecified atom stereocenters. The minimum Gasteiger partial charge on any atom is -0.299 e. The standard InChI is InChI=1S/C20H24N6O/c27-20-11-17(16-4-5-16)21-14-25(20)12-15-6-9-24(10-7-15)13-19-23-22-18-3-1-2-8-26(18)19/h1-3,8,11,14-16H,4-7,9-10,12-13H2. The fraction of sp³-hybridized carbons (Fsp3) is 0.500. The molecular formula is C20H24N6O. The number of hydrogen-bond donors (Lipinski definition) is 0. The zero-order valence-corrected chi connectivity index (χ0v) is 15.4. The molecule has 1 saturated heterocycles. The fourth-order valence-electron chi connectivity index (χ4n) is 3.98. The summed E-state index contributed by atoms with van der Waals surface area (Å²) in [6, 6.07) is 7.70. The number of piperidine rings is 1. The SMILES string of the molecule is O=c1cc(C2CC2)ncn1CC1CCN(Cc2nnc3ccccn23)CC1. The second-order valence-corrected chi connectivity index (χ2v) is 7.84. The van der Waals surface area contributed by atoms with E-state index in [0.717, 1.165) is 56.2 Å². The van der Waals surface area contributed by atoms with Gasteiger partial charge in [-0.1, -0.05) is 6.07 Å². The first-order chi connectivity index (χ1) is 13.3. The highest BCUT2D eigenvalue weighted by molar-refractivity contribution is 5.36. The Balaban J connectivity index is 1.18. The van der Waals surface area contributed by atoms with E-state index in [4.69, 9.17) is 0 Å². The van der Waals surface area contributed by atoms with Crippen molar-refractivity contribution >= 4 is 5.65 Å². The van der Waals surface area contributed by atoms with Gasteiger partial charge in [0.1, 0.15) is 0 Å². The van der Waals surface area contributed by atoms with Crippen LogP contribution in [0, 0.1) is 5.92 Å². The van der Waals surface area contributed by atoms with Crippen LogP contribution in [0.25, 0.3) is 5.65 Å². The van der Waals surface area contributed by atoms with Crippen LogP contribution < -0.4 is 5.56 Å². The van der Waals surface area contributed by atoms with Crippen LogP contribution >= 0.6 is 0 Å². The van der Waals surface area contributed by atoms with Crippen molar-refractivity contribution in [3.8, 4) is 0 Å². The zero-order chi connectivity index (χ0) is 18.2. The van der Waals surface area contributed by atoms with Gasteiger partial charge in [-0.05, 0) is 56.8 Å². The van der Waals surface area contributed by atoms with Gasteiger partial charge >= 0.3 is 0 Å². The maximum absolute atomic E-state index is 12.3. The molecule has 0 atom stereocenters. The van der Waals surface area contributed by atoms with Crippen LogP contribution in [0.15, 0.2) is 41.6 Å². The highest BCUT2D eigenvalue weighted by atomic mass is 16.1. The second kappa shape index (κ2) is 6.88. The summed E-state index contributed by atoms with van der Waals surface area (Å²) < 4.78 is 3.84.